The molecule has 0 radical (unpaired) electrons. The maximum absolute atomic E-state index is 12.5. The molecule has 0 saturated heterocycles. The Balaban J connectivity index is 1.72. The molecule has 0 aliphatic carbocycles. The van der Waals surface area contributed by atoms with Gasteiger partial charge < -0.3 is 4.42 Å². The van der Waals surface area contributed by atoms with E-state index in [-0.39, 0.29) is 10.8 Å². The van der Waals surface area contributed by atoms with Gasteiger partial charge in [-0.15, -0.1) is 0 Å². The molecule has 0 aliphatic rings. The van der Waals surface area contributed by atoms with Crippen LogP contribution in [0.5, 0.6) is 0 Å². The number of rotatable bonds is 4. The molecule has 0 bridgehead atoms. The van der Waals surface area contributed by atoms with Crippen LogP contribution >= 0.6 is 12.6 Å². The van der Waals surface area contributed by atoms with E-state index in [0.717, 1.165) is 22.6 Å². The van der Waals surface area contributed by atoms with Crippen LogP contribution in [-0.4, -0.2) is 19.6 Å². The maximum atomic E-state index is 12.5. The summed E-state index contributed by atoms with van der Waals surface area (Å²) in [6, 6.07) is 13.3. The number of furan rings is 1. The minimum Gasteiger partial charge on any atom is -0.466 e. The fourth-order valence-corrected chi connectivity index (χ4v) is 3.42. The van der Waals surface area contributed by atoms with Gasteiger partial charge in [-0.1, -0.05) is 30.3 Å². The Morgan fingerprint density at radius 3 is 2.65 bits per heavy atom. The fraction of sp³-hybridized carbons (Fsp3) is 0.211. The van der Waals surface area contributed by atoms with Gasteiger partial charge in [-0.3, -0.25) is 9.89 Å². The van der Waals surface area contributed by atoms with Gasteiger partial charge in [0.1, 0.15) is 17.3 Å². The molecule has 0 saturated carbocycles. The number of aromatic nitrogens is 4. The van der Waals surface area contributed by atoms with E-state index in [1.165, 1.54) is 10.6 Å². The molecule has 4 aromatic rings. The zero-order valence-electron chi connectivity index (χ0n) is 14.4. The van der Waals surface area contributed by atoms with Crippen molar-refractivity contribution in [2.45, 2.75) is 25.5 Å². The molecule has 1 aromatic carbocycles. The first-order valence-corrected chi connectivity index (χ1v) is 8.80. The van der Waals surface area contributed by atoms with Gasteiger partial charge in [-0.25, -0.2) is 4.98 Å². The largest absolute Gasteiger partial charge is 0.466 e. The Kier molecular flexibility index (Phi) is 4.16. The van der Waals surface area contributed by atoms with Gasteiger partial charge in [0.25, 0.3) is 11.3 Å². The first-order chi connectivity index (χ1) is 12.5. The second-order valence-electron chi connectivity index (χ2n) is 6.26. The van der Waals surface area contributed by atoms with Crippen LogP contribution in [0.4, 0.5) is 0 Å². The Hall–Kier alpha value is -2.80. The first kappa shape index (κ1) is 16.7. The summed E-state index contributed by atoms with van der Waals surface area (Å²) in [5, 5.41) is 2.67. The van der Waals surface area contributed by atoms with Gasteiger partial charge in [0.05, 0.1) is 10.9 Å². The van der Waals surface area contributed by atoms with Gasteiger partial charge in [-0.05, 0) is 25.5 Å². The summed E-state index contributed by atoms with van der Waals surface area (Å²) in [6.45, 7) is 3.76. The number of nitrogens with one attached hydrogen (secondary N) is 1. The van der Waals surface area contributed by atoms with Crippen molar-refractivity contribution in [2.24, 2.45) is 0 Å². The van der Waals surface area contributed by atoms with Crippen molar-refractivity contribution < 1.29 is 4.42 Å². The summed E-state index contributed by atoms with van der Waals surface area (Å²) in [5.41, 5.74) is 2.35. The minimum atomic E-state index is -0.348. The second kappa shape index (κ2) is 6.49. The third-order valence-electron chi connectivity index (χ3n) is 4.27. The lowest BCUT2D eigenvalue weighted by molar-refractivity contribution is 0.501. The highest BCUT2D eigenvalue weighted by atomic mass is 32.1. The first-order valence-electron chi connectivity index (χ1n) is 8.29. The van der Waals surface area contributed by atoms with Crippen LogP contribution < -0.4 is 5.56 Å². The number of aromatic amines is 1. The molecular weight excluding hydrogens is 348 g/mol. The molecule has 3 aromatic heterocycles. The normalized spacial score (nSPS) is 12.6. The van der Waals surface area contributed by atoms with Gasteiger partial charge >= 0.3 is 0 Å². The summed E-state index contributed by atoms with van der Waals surface area (Å²) >= 11 is 4.64. The van der Waals surface area contributed by atoms with Crippen LogP contribution in [0.2, 0.25) is 0 Å². The SMILES string of the molecule is Cc1cc(C(S)c2cc(=O)n3[nH]c(Cc4ccccc4)nc3n2)c(C)o1. The van der Waals surface area contributed by atoms with E-state index in [1.54, 1.807) is 0 Å². The van der Waals surface area contributed by atoms with Crippen LogP contribution in [0.3, 0.4) is 0 Å². The van der Waals surface area contributed by atoms with Crippen LogP contribution in [0, 0.1) is 13.8 Å². The third kappa shape index (κ3) is 3.06. The Labute approximate surface area is 155 Å². The summed E-state index contributed by atoms with van der Waals surface area (Å²) in [7, 11) is 0. The van der Waals surface area contributed by atoms with Crippen molar-refractivity contribution in [3.05, 3.63) is 87.0 Å². The monoisotopic (exact) mass is 366 g/mol. The lowest BCUT2D eigenvalue weighted by Crippen LogP contribution is -2.16. The standard InChI is InChI=1S/C19H18N4O2S/c1-11-8-14(12(2)25-11)18(26)15-10-17(24)23-19(20-15)21-16(22-23)9-13-6-4-3-5-7-13/h3-8,10,18,26H,9H2,1-2H3,(H,20,21,22). The highest BCUT2D eigenvalue weighted by Crippen LogP contribution is 2.30. The number of thiol groups is 1. The molecule has 1 atom stereocenters. The summed E-state index contributed by atoms with van der Waals surface area (Å²) < 4.78 is 6.92. The number of aryl methyl sites for hydroxylation is 2. The third-order valence-corrected chi connectivity index (χ3v) is 4.81. The molecule has 1 unspecified atom stereocenters. The topological polar surface area (TPSA) is 76.2 Å². The molecule has 0 fully saturated rings. The molecule has 3 heterocycles. The minimum absolute atomic E-state index is 0.214. The van der Waals surface area contributed by atoms with E-state index in [9.17, 15) is 4.79 Å². The molecule has 1 N–H and O–H groups in total. The molecule has 7 heteroatoms. The van der Waals surface area contributed by atoms with Gasteiger partial charge in [0, 0.05) is 18.1 Å². The van der Waals surface area contributed by atoms with Crippen LogP contribution in [0.1, 0.15) is 39.4 Å². The number of hydrogen-bond acceptors (Lipinski definition) is 5. The van der Waals surface area contributed by atoms with Crippen molar-refractivity contribution in [3.8, 4) is 0 Å². The van der Waals surface area contributed by atoms with E-state index in [4.69, 9.17) is 4.42 Å². The number of benzene rings is 1. The lowest BCUT2D eigenvalue weighted by Gasteiger charge is -2.08. The summed E-state index contributed by atoms with van der Waals surface area (Å²) in [6.07, 6.45) is 0.601. The smallest absolute Gasteiger partial charge is 0.274 e. The van der Waals surface area contributed by atoms with E-state index >= 15 is 0 Å². The zero-order valence-corrected chi connectivity index (χ0v) is 15.3. The molecule has 6 nitrogen and oxygen atoms in total. The van der Waals surface area contributed by atoms with E-state index in [0.29, 0.717) is 23.7 Å². The second-order valence-corrected chi connectivity index (χ2v) is 6.77. The highest BCUT2D eigenvalue weighted by Gasteiger charge is 2.19. The van der Waals surface area contributed by atoms with E-state index in [1.807, 2.05) is 50.2 Å². The lowest BCUT2D eigenvalue weighted by atomic mass is 10.1. The van der Waals surface area contributed by atoms with Crippen LogP contribution in [0.25, 0.3) is 5.78 Å². The number of hydrogen-bond donors (Lipinski definition) is 2. The van der Waals surface area contributed by atoms with Crippen molar-refractivity contribution in [1.82, 2.24) is 19.6 Å². The predicted octanol–water partition coefficient (Wildman–Crippen LogP) is 3.24. The number of H-pyrrole nitrogens is 1. The average Bonchev–Trinajstić information content (AvgIpc) is 3.17. The van der Waals surface area contributed by atoms with Crippen molar-refractivity contribution >= 4 is 18.4 Å². The maximum Gasteiger partial charge on any atom is 0.274 e. The summed E-state index contributed by atoms with van der Waals surface area (Å²) in [5.74, 6) is 2.61. The highest BCUT2D eigenvalue weighted by molar-refractivity contribution is 7.80. The Morgan fingerprint density at radius 1 is 1.19 bits per heavy atom. The zero-order chi connectivity index (χ0) is 18.3. The summed E-state index contributed by atoms with van der Waals surface area (Å²) in [4.78, 5) is 21.5. The molecule has 132 valence electrons. The number of fused-ring (bicyclic) bond motifs is 1. The molecule has 0 aliphatic heterocycles. The average molecular weight is 366 g/mol. The van der Waals surface area contributed by atoms with Crippen LogP contribution in [-0.2, 0) is 6.42 Å². The van der Waals surface area contributed by atoms with Crippen molar-refractivity contribution in [3.63, 3.8) is 0 Å². The molecule has 0 spiro atoms. The quantitative estimate of drug-likeness (QED) is 0.544. The predicted molar refractivity (Wildman–Crippen MR) is 102 cm³/mol. The molecule has 0 amide bonds. The fourth-order valence-electron chi connectivity index (χ4n) is 3.03. The Morgan fingerprint density at radius 2 is 1.96 bits per heavy atom. The molecule has 4 rings (SSSR count). The van der Waals surface area contributed by atoms with E-state index < -0.39 is 0 Å². The Bertz CT molecular complexity index is 1130. The molecule has 26 heavy (non-hydrogen) atoms. The van der Waals surface area contributed by atoms with Crippen molar-refractivity contribution in [1.29, 1.82) is 0 Å². The van der Waals surface area contributed by atoms with Crippen LogP contribution in [0.15, 0.2) is 51.7 Å². The molecular formula is C19H18N4O2S. The number of nitrogens with zero attached hydrogens (tertiary/aromatic N) is 3. The van der Waals surface area contributed by atoms with Gasteiger partial charge in [-0.2, -0.15) is 22.1 Å². The van der Waals surface area contributed by atoms with E-state index in [2.05, 4.69) is 27.7 Å². The van der Waals surface area contributed by atoms with Gasteiger partial charge in [0.2, 0.25) is 0 Å². The van der Waals surface area contributed by atoms with Gasteiger partial charge in [0.15, 0.2) is 0 Å². The van der Waals surface area contributed by atoms with Crippen molar-refractivity contribution in [2.75, 3.05) is 0 Å².